The van der Waals surface area contributed by atoms with Crippen LogP contribution in [-0.4, -0.2) is 58.7 Å². The molecule has 0 bridgehead atoms. The van der Waals surface area contributed by atoms with Crippen LogP contribution in [0.4, 0.5) is 4.39 Å². The normalized spacial score (nSPS) is 16.6. The molecule has 0 radical (unpaired) electrons. The van der Waals surface area contributed by atoms with Crippen LogP contribution < -0.4 is 20.1 Å². The summed E-state index contributed by atoms with van der Waals surface area (Å²) in [5, 5.41) is 9.92. The van der Waals surface area contributed by atoms with Gasteiger partial charge in [0.25, 0.3) is 11.8 Å². The SMILES string of the molecule is CCOc1ccc(CNC(=O)c2cc3n(n2)C[C@](C)(C(=O)NCc2ccc(F)cc2)N(C)C3=O)cc1OC. The number of carbonyl (C=O) groups excluding carboxylic acids is 3. The number of hydrogen-bond acceptors (Lipinski definition) is 6. The summed E-state index contributed by atoms with van der Waals surface area (Å²) in [7, 11) is 3.08. The minimum Gasteiger partial charge on any atom is -0.493 e. The van der Waals surface area contributed by atoms with Gasteiger partial charge in [0, 0.05) is 26.2 Å². The molecule has 4 rings (SSSR count). The Morgan fingerprint density at radius 1 is 1.05 bits per heavy atom. The molecule has 1 atom stereocenters. The maximum atomic E-state index is 13.2. The topological polar surface area (TPSA) is 115 Å². The Bertz CT molecular complexity index is 1360. The van der Waals surface area contributed by atoms with Gasteiger partial charge < -0.3 is 25.0 Å². The number of rotatable bonds is 9. The second kappa shape index (κ2) is 10.9. The van der Waals surface area contributed by atoms with Crippen molar-refractivity contribution in [2.45, 2.75) is 39.0 Å². The first-order valence-electron chi connectivity index (χ1n) is 12.1. The minimum absolute atomic E-state index is 0.0587. The monoisotopic (exact) mass is 523 g/mol. The Balaban J connectivity index is 1.44. The summed E-state index contributed by atoms with van der Waals surface area (Å²) in [6.45, 7) is 4.45. The van der Waals surface area contributed by atoms with Gasteiger partial charge in [-0.05, 0) is 49.2 Å². The number of likely N-dealkylation sites (N-methyl/N-ethyl adjacent to an activating group) is 1. The van der Waals surface area contributed by atoms with E-state index in [0.717, 1.165) is 11.1 Å². The van der Waals surface area contributed by atoms with Crippen molar-refractivity contribution in [3.05, 3.63) is 76.9 Å². The lowest BCUT2D eigenvalue weighted by Crippen LogP contribution is -2.62. The molecule has 2 aromatic carbocycles. The average Bonchev–Trinajstić information content (AvgIpc) is 3.34. The number of fused-ring (bicyclic) bond motifs is 1. The molecule has 0 unspecified atom stereocenters. The van der Waals surface area contributed by atoms with E-state index in [4.69, 9.17) is 9.47 Å². The van der Waals surface area contributed by atoms with E-state index in [0.29, 0.717) is 18.1 Å². The number of nitrogens with one attached hydrogen (secondary N) is 2. The first-order valence-corrected chi connectivity index (χ1v) is 12.1. The molecule has 2 N–H and O–H groups in total. The molecule has 0 fully saturated rings. The summed E-state index contributed by atoms with van der Waals surface area (Å²) < 4.78 is 25.4. The van der Waals surface area contributed by atoms with Crippen molar-refractivity contribution in [3.8, 4) is 11.5 Å². The number of ether oxygens (including phenoxy) is 2. The van der Waals surface area contributed by atoms with Gasteiger partial charge in [0.05, 0.1) is 20.3 Å². The molecule has 0 saturated carbocycles. The second-order valence-corrected chi connectivity index (χ2v) is 9.12. The van der Waals surface area contributed by atoms with E-state index in [2.05, 4.69) is 15.7 Å². The molecular weight excluding hydrogens is 493 g/mol. The lowest BCUT2D eigenvalue weighted by atomic mass is 9.96. The fourth-order valence-electron chi connectivity index (χ4n) is 4.18. The smallest absolute Gasteiger partial charge is 0.272 e. The van der Waals surface area contributed by atoms with Crippen molar-refractivity contribution in [1.29, 1.82) is 0 Å². The Morgan fingerprint density at radius 3 is 2.42 bits per heavy atom. The fraction of sp³-hybridized carbons (Fsp3) is 0.333. The standard InChI is InChI=1S/C27H30FN5O5/c1-5-38-22-11-8-18(12-23(22)37-4)15-29-24(34)20-13-21-25(35)32(3)27(2,16-33(21)31-20)26(36)30-14-17-6-9-19(28)10-7-17/h6-13H,5,14-16H2,1-4H3,(H,29,34)(H,30,36)/t27-/m1/s1. The second-order valence-electron chi connectivity index (χ2n) is 9.12. The van der Waals surface area contributed by atoms with Crippen molar-refractivity contribution in [2.24, 2.45) is 0 Å². The molecule has 200 valence electrons. The number of halogens is 1. The molecule has 3 aromatic rings. The van der Waals surface area contributed by atoms with Crippen LogP contribution in [0.15, 0.2) is 48.5 Å². The first kappa shape index (κ1) is 26.6. The van der Waals surface area contributed by atoms with E-state index in [1.807, 2.05) is 13.0 Å². The predicted octanol–water partition coefficient (Wildman–Crippen LogP) is 2.52. The summed E-state index contributed by atoms with van der Waals surface area (Å²) in [5.74, 6) is -0.485. The van der Waals surface area contributed by atoms with Crippen LogP contribution in [0.1, 0.15) is 46.0 Å². The molecule has 0 spiro atoms. The van der Waals surface area contributed by atoms with Gasteiger partial charge in [-0.2, -0.15) is 5.10 Å². The number of amides is 3. The van der Waals surface area contributed by atoms with Crippen molar-refractivity contribution >= 4 is 17.7 Å². The van der Waals surface area contributed by atoms with Crippen molar-refractivity contribution in [2.75, 3.05) is 20.8 Å². The highest BCUT2D eigenvalue weighted by molar-refractivity contribution is 6.01. The highest BCUT2D eigenvalue weighted by Crippen LogP contribution is 2.28. The molecule has 1 aliphatic heterocycles. The quantitative estimate of drug-likeness (QED) is 0.446. The molecule has 3 amide bonds. The summed E-state index contributed by atoms with van der Waals surface area (Å²) >= 11 is 0. The van der Waals surface area contributed by atoms with Gasteiger partial charge in [-0.1, -0.05) is 18.2 Å². The Hall–Kier alpha value is -4.41. The van der Waals surface area contributed by atoms with Gasteiger partial charge >= 0.3 is 0 Å². The molecule has 1 aliphatic rings. The van der Waals surface area contributed by atoms with Crippen molar-refractivity contribution in [3.63, 3.8) is 0 Å². The summed E-state index contributed by atoms with van der Waals surface area (Å²) in [5.41, 5.74) is 0.545. The van der Waals surface area contributed by atoms with Crippen LogP contribution >= 0.6 is 0 Å². The van der Waals surface area contributed by atoms with E-state index in [9.17, 15) is 18.8 Å². The summed E-state index contributed by atoms with van der Waals surface area (Å²) in [4.78, 5) is 40.4. The lowest BCUT2D eigenvalue weighted by Gasteiger charge is -2.40. The van der Waals surface area contributed by atoms with Crippen molar-refractivity contribution in [1.82, 2.24) is 25.3 Å². The fourth-order valence-corrected chi connectivity index (χ4v) is 4.18. The Kier molecular flexibility index (Phi) is 7.65. The molecule has 0 aliphatic carbocycles. The van der Waals surface area contributed by atoms with E-state index in [1.165, 1.54) is 34.8 Å². The molecule has 11 heteroatoms. The molecule has 2 heterocycles. The summed E-state index contributed by atoms with van der Waals surface area (Å²) in [6.07, 6.45) is 0. The van der Waals surface area contributed by atoms with Crippen molar-refractivity contribution < 1.29 is 28.2 Å². The number of methoxy groups -OCH3 is 1. The van der Waals surface area contributed by atoms with E-state index < -0.39 is 23.3 Å². The van der Waals surface area contributed by atoms with Gasteiger partial charge in [0.15, 0.2) is 17.2 Å². The zero-order valence-corrected chi connectivity index (χ0v) is 21.7. The van der Waals surface area contributed by atoms with Gasteiger partial charge in [-0.15, -0.1) is 0 Å². The average molecular weight is 524 g/mol. The zero-order chi connectivity index (χ0) is 27.4. The maximum Gasteiger partial charge on any atom is 0.272 e. The van der Waals surface area contributed by atoms with Gasteiger partial charge in [0.2, 0.25) is 5.91 Å². The van der Waals surface area contributed by atoms with Gasteiger partial charge in [0.1, 0.15) is 17.1 Å². The van der Waals surface area contributed by atoms with Gasteiger partial charge in [-0.3, -0.25) is 19.1 Å². The number of benzene rings is 2. The predicted molar refractivity (Wildman–Crippen MR) is 136 cm³/mol. The molecular formula is C27H30FN5O5. The number of aromatic nitrogens is 2. The highest BCUT2D eigenvalue weighted by Gasteiger charge is 2.46. The summed E-state index contributed by atoms with van der Waals surface area (Å²) in [6, 6.07) is 12.6. The number of carbonyl (C=O) groups is 3. The maximum absolute atomic E-state index is 13.2. The van der Waals surface area contributed by atoms with Crippen LogP contribution in [0.5, 0.6) is 11.5 Å². The van der Waals surface area contributed by atoms with Crippen LogP contribution in [0, 0.1) is 5.82 Å². The zero-order valence-electron chi connectivity index (χ0n) is 21.7. The molecule has 10 nitrogen and oxygen atoms in total. The Labute approximate surface area is 219 Å². The highest BCUT2D eigenvalue weighted by atomic mass is 19.1. The molecule has 1 aromatic heterocycles. The Morgan fingerprint density at radius 2 is 1.74 bits per heavy atom. The van der Waals surface area contributed by atoms with Crippen LogP contribution in [0.2, 0.25) is 0 Å². The van der Waals surface area contributed by atoms with E-state index >= 15 is 0 Å². The number of nitrogens with zero attached hydrogens (tertiary/aromatic N) is 3. The minimum atomic E-state index is -1.25. The largest absolute Gasteiger partial charge is 0.493 e. The lowest BCUT2D eigenvalue weighted by molar-refractivity contribution is -0.132. The third-order valence-electron chi connectivity index (χ3n) is 6.57. The van der Waals surface area contributed by atoms with Crippen LogP contribution in [0.25, 0.3) is 0 Å². The third-order valence-corrected chi connectivity index (χ3v) is 6.57. The van der Waals surface area contributed by atoms with Gasteiger partial charge in [-0.25, -0.2) is 4.39 Å². The third kappa shape index (κ3) is 5.31. The molecule has 0 saturated heterocycles. The van der Waals surface area contributed by atoms with Crippen LogP contribution in [-0.2, 0) is 24.4 Å². The first-order chi connectivity index (χ1) is 18.2. The van der Waals surface area contributed by atoms with E-state index in [1.54, 1.807) is 38.3 Å². The molecule has 38 heavy (non-hydrogen) atoms. The van der Waals surface area contributed by atoms with E-state index in [-0.39, 0.29) is 36.8 Å². The van der Waals surface area contributed by atoms with Crippen LogP contribution in [0.3, 0.4) is 0 Å². The number of hydrogen-bond donors (Lipinski definition) is 2.